The summed E-state index contributed by atoms with van der Waals surface area (Å²) in [6.07, 6.45) is 3.91. The number of hydrogen-bond donors (Lipinski definition) is 0. The fourth-order valence-electron chi connectivity index (χ4n) is 2.74. The highest BCUT2D eigenvalue weighted by Crippen LogP contribution is 2.32. The van der Waals surface area contributed by atoms with Crippen molar-refractivity contribution in [3.05, 3.63) is 23.4 Å². The summed E-state index contributed by atoms with van der Waals surface area (Å²) in [5.41, 5.74) is 2.47. The Labute approximate surface area is 104 Å². The predicted octanol–water partition coefficient (Wildman–Crippen LogP) is 2.95. The number of hydrogen-bond acceptors (Lipinski definition) is 3. The normalized spacial score (nSPS) is 21.5. The Bertz CT molecular complexity index is 378. The van der Waals surface area contributed by atoms with Gasteiger partial charge in [-0.25, -0.2) is 4.98 Å². The summed E-state index contributed by atoms with van der Waals surface area (Å²) in [7, 11) is 1.67. The van der Waals surface area contributed by atoms with Crippen molar-refractivity contribution in [2.24, 2.45) is 0 Å². The second-order valence-corrected chi connectivity index (χ2v) is 4.67. The summed E-state index contributed by atoms with van der Waals surface area (Å²) in [6.45, 7) is 6.66. The van der Waals surface area contributed by atoms with E-state index in [0.717, 1.165) is 12.2 Å². The Morgan fingerprint density at radius 2 is 2.24 bits per heavy atom. The van der Waals surface area contributed by atoms with Gasteiger partial charge in [-0.2, -0.15) is 0 Å². The lowest BCUT2D eigenvalue weighted by molar-refractivity contribution is 0.156. The molecule has 0 N–H and O–H groups in total. The van der Waals surface area contributed by atoms with Gasteiger partial charge < -0.3 is 4.74 Å². The van der Waals surface area contributed by atoms with E-state index in [1.807, 2.05) is 6.07 Å². The maximum atomic E-state index is 5.17. The molecule has 0 aliphatic carbocycles. The van der Waals surface area contributed by atoms with Gasteiger partial charge in [0, 0.05) is 17.8 Å². The molecule has 1 saturated heterocycles. The van der Waals surface area contributed by atoms with Gasteiger partial charge in [0.15, 0.2) is 0 Å². The molecule has 0 aromatic carbocycles. The molecule has 3 nitrogen and oxygen atoms in total. The first-order valence-corrected chi connectivity index (χ1v) is 6.51. The van der Waals surface area contributed by atoms with Crippen LogP contribution in [-0.4, -0.2) is 30.1 Å². The Kier molecular flexibility index (Phi) is 4.00. The van der Waals surface area contributed by atoms with Gasteiger partial charge in [0.25, 0.3) is 0 Å². The molecule has 1 aromatic heterocycles. The molecule has 2 heterocycles. The highest BCUT2D eigenvalue weighted by atomic mass is 16.5. The van der Waals surface area contributed by atoms with Crippen LogP contribution in [0.1, 0.15) is 43.5 Å². The maximum Gasteiger partial charge on any atom is 0.213 e. The van der Waals surface area contributed by atoms with Gasteiger partial charge in [-0.3, -0.25) is 4.90 Å². The number of rotatable bonds is 3. The molecule has 2 rings (SSSR count). The van der Waals surface area contributed by atoms with E-state index in [4.69, 9.17) is 4.74 Å². The van der Waals surface area contributed by atoms with Gasteiger partial charge in [-0.15, -0.1) is 0 Å². The second-order valence-electron chi connectivity index (χ2n) is 4.67. The first-order valence-electron chi connectivity index (χ1n) is 6.51. The zero-order chi connectivity index (χ0) is 12.3. The molecule has 1 atom stereocenters. The molecule has 0 radical (unpaired) electrons. The minimum Gasteiger partial charge on any atom is -0.481 e. The third-order valence-electron chi connectivity index (χ3n) is 3.69. The van der Waals surface area contributed by atoms with E-state index in [1.165, 1.54) is 31.4 Å². The molecule has 0 bridgehead atoms. The van der Waals surface area contributed by atoms with Gasteiger partial charge >= 0.3 is 0 Å². The van der Waals surface area contributed by atoms with Gasteiger partial charge in [0.1, 0.15) is 0 Å². The van der Waals surface area contributed by atoms with Crippen LogP contribution in [-0.2, 0) is 0 Å². The summed E-state index contributed by atoms with van der Waals surface area (Å²) in [6, 6.07) is 4.71. The molecule has 0 saturated carbocycles. The van der Waals surface area contributed by atoms with Gasteiger partial charge in [-0.1, -0.05) is 19.4 Å². The van der Waals surface area contributed by atoms with Crippen LogP contribution in [0.2, 0.25) is 0 Å². The predicted molar refractivity (Wildman–Crippen MR) is 69.4 cm³/mol. The van der Waals surface area contributed by atoms with E-state index in [1.54, 1.807) is 7.11 Å². The Hall–Kier alpha value is -1.09. The van der Waals surface area contributed by atoms with Crippen LogP contribution >= 0.6 is 0 Å². The summed E-state index contributed by atoms with van der Waals surface area (Å²) in [5, 5.41) is 0. The third-order valence-corrected chi connectivity index (χ3v) is 3.69. The van der Waals surface area contributed by atoms with Crippen molar-refractivity contribution >= 4 is 0 Å². The average Bonchev–Trinajstić information content (AvgIpc) is 2.38. The number of nitrogens with zero attached hydrogens (tertiary/aromatic N) is 2. The molecule has 1 aliphatic heterocycles. The molecular formula is C14H22N2O. The molecule has 1 aromatic rings. The molecular weight excluding hydrogens is 212 g/mol. The van der Waals surface area contributed by atoms with Crippen LogP contribution in [0.5, 0.6) is 5.88 Å². The number of ether oxygens (including phenoxy) is 1. The molecule has 94 valence electrons. The van der Waals surface area contributed by atoms with E-state index in [-0.39, 0.29) is 0 Å². The lowest BCUT2D eigenvalue weighted by Gasteiger charge is -2.35. The second kappa shape index (κ2) is 5.50. The van der Waals surface area contributed by atoms with Crippen LogP contribution < -0.4 is 4.74 Å². The van der Waals surface area contributed by atoms with E-state index in [9.17, 15) is 0 Å². The van der Waals surface area contributed by atoms with Crippen LogP contribution in [0, 0.1) is 6.92 Å². The fraction of sp³-hybridized carbons (Fsp3) is 0.643. The van der Waals surface area contributed by atoms with E-state index in [0.29, 0.717) is 11.9 Å². The van der Waals surface area contributed by atoms with E-state index >= 15 is 0 Å². The number of aromatic nitrogens is 1. The Balaban J connectivity index is 2.25. The quantitative estimate of drug-likeness (QED) is 0.804. The number of aryl methyl sites for hydroxylation is 1. The summed E-state index contributed by atoms with van der Waals surface area (Å²) in [5.74, 6) is 0.713. The fourth-order valence-corrected chi connectivity index (χ4v) is 2.74. The zero-order valence-corrected chi connectivity index (χ0v) is 11.1. The summed E-state index contributed by atoms with van der Waals surface area (Å²) < 4.78 is 5.17. The van der Waals surface area contributed by atoms with Crippen LogP contribution in [0.3, 0.4) is 0 Å². The Morgan fingerprint density at radius 1 is 1.41 bits per heavy atom. The first-order chi connectivity index (χ1) is 8.26. The number of methoxy groups -OCH3 is 1. The molecule has 1 fully saturated rings. The van der Waals surface area contributed by atoms with Gasteiger partial charge in [-0.05, 0) is 38.4 Å². The van der Waals surface area contributed by atoms with E-state index < -0.39 is 0 Å². The van der Waals surface area contributed by atoms with Crippen molar-refractivity contribution in [3.8, 4) is 5.88 Å². The lowest BCUT2D eigenvalue weighted by Crippen LogP contribution is -2.33. The number of likely N-dealkylation sites (tertiary alicyclic amines) is 1. The summed E-state index contributed by atoms with van der Waals surface area (Å²) in [4.78, 5) is 7.04. The van der Waals surface area contributed by atoms with Crippen molar-refractivity contribution in [1.82, 2.24) is 9.88 Å². The Morgan fingerprint density at radius 3 is 2.88 bits per heavy atom. The van der Waals surface area contributed by atoms with Crippen LogP contribution in [0.25, 0.3) is 0 Å². The highest BCUT2D eigenvalue weighted by Gasteiger charge is 2.24. The minimum atomic E-state index is 0.548. The van der Waals surface area contributed by atoms with E-state index in [2.05, 4.69) is 29.8 Å². The monoisotopic (exact) mass is 234 g/mol. The lowest BCUT2D eigenvalue weighted by atomic mass is 9.94. The van der Waals surface area contributed by atoms with Crippen molar-refractivity contribution in [2.45, 2.75) is 39.2 Å². The molecule has 0 amide bonds. The average molecular weight is 234 g/mol. The topological polar surface area (TPSA) is 25.4 Å². The van der Waals surface area contributed by atoms with Crippen LogP contribution in [0.15, 0.2) is 12.1 Å². The SMILES string of the molecule is CCN1CCCC[C@@H]1c1ccc(OC)nc1C. The van der Waals surface area contributed by atoms with Gasteiger partial charge in [0.05, 0.1) is 7.11 Å². The zero-order valence-electron chi connectivity index (χ0n) is 11.1. The molecule has 0 unspecified atom stereocenters. The molecule has 0 spiro atoms. The van der Waals surface area contributed by atoms with Crippen molar-refractivity contribution in [2.75, 3.05) is 20.2 Å². The standard InChI is InChI=1S/C14H22N2O/c1-4-16-10-6-5-7-13(16)12-8-9-14(17-3)15-11(12)2/h8-9,13H,4-7,10H2,1-3H3/t13-/m1/s1. The van der Waals surface area contributed by atoms with Crippen molar-refractivity contribution in [1.29, 1.82) is 0 Å². The molecule has 3 heteroatoms. The molecule has 17 heavy (non-hydrogen) atoms. The number of piperidine rings is 1. The highest BCUT2D eigenvalue weighted by molar-refractivity contribution is 5.28. The van der Waals surface area contributed by atoms with Crippen LogP contribution in [0.4, 0.5) is 0 Å². The number of pyridine rings is 1. The summed E-state index contributed by atoms with van der Waals surface area (Å²) >= 11 is 0. The smallest absolute Gasteiger partial charge is 0.213 e. The van der Waals surface area contributed by atoms with Gasteiger partial charge in [0.2, 0.25) is 5.88 Å². The maximum absolute atomic E-state index is 5.17. The third kappa shape index (κ3) is 2.60. The first kappa shape index (κ1) is 12.4. The molecule has 1 aliphatic rings. The van der Waals surface area contributed by atoms with Crippen molar-refractivity contribution < 1.29 is 4.74 Å². The van der Waals surface area contributed by atoms with Crippen molar-refractivity contribution in [3.63, 3.8) is 0 Å². The minimum absolute atomic E-state index is 0.548. The largest absolute Gasteiger partial charge is 0.481 e.